The van der Waals surface area contributed by atoms with Crippen LogP contribution in [0.25, 0.3) is 0 Å². The molecule has 0 spiro atoms. The summed E-state index contributed by atoms with van der Waals surface area (Å²) in [6.07, 6.45) is 0. The summed E-state index contributed by atoms with van der Waals surface area (Å²) in [5.74, 6) is 0. The van der Waals surface area contributed by atoms with E-state index in [0.717, 1.165) is 0 Å². The lowest BCUT2D eigenvalue weighted by molar-refractivity contribution is 0.757. The SMILES string of the molecule is Cc1cc(SOSc2csc(C)c2)cs1. The molecule has 0 aliphatic carbocycles. The van der Waals surface area contributed by atoms with Gasteiger partial charge in [0.2, 0.25) is 0 Å². The van der Waals surface area contributed by atoms with Gasteiger partial charge in [-0.05, 0) is 26.0 Å². The second-order valence-corrected chi connectivity index (χ2v) is 7.07. The summed E-state index contributed by atoms with van der Waals surface area (Å²) in [4.78, 5) is 4.99. The van der Waals surface area contributed by atoms with E-state index < -0.39 is 0 Å². The Morgan fingerprint density at radius 1 is 0.933 bits per heavy atom. The predicted octanol–water partition coefficient (Wildman–Crippen LogP) is 5.16. The molecule has 0 saturated carbocycles. The van der Waals surface area contributed by atoms with Crippen LogP contribution in [0, 0.1) is 13.8 Å². The highest BCUT2D eigenvalue weighted by molar-refractivity contribution is 8.08. The van der Waals surface area contributed by atoms with Gasteiger partial charge >= 0.3 is 0 Å². The van der Waals surface area contributed by atoms with Crippen molar-refractivity contribution in [3.05, 3.63) is 32.6 Å². The van der Waals surface area contributed by atoms with E-state index in [0.29, 0.717) is 0 Å². The highest BCUT2D eigenvalue weighted by atomic mass is 32.2. The van der Waals surface area contributed by atoms with E-state index in [9.17, 15) is 0 Å². The third-order valence-electron chi connectivity index (χ3n) is 1.67. The highest BCUT2D eigenvalue weighted by Crippen LogP contribution is 2.33. The predicted molar refractivity (Wildman–Crippen MR) is 70.9 cm³/mol. The highest BCUT2D eigenvalue weighted by Gasteiger charge is 2.01. The molecular weight excluding hydrogens is 264 g/mol. The van der Waals surface area contributed by atoms with Gasteiger partial charge in [-0.15, -0.1) is 22.7 Å². The number of hydrogen-bond acceptors (Lipinski definition) is 5. The van der Waals surface area contributed by atoms with E-state index in [2.05, 4.69) is 36.7 Å². The zero-order chi connectivity index (χ0) is 10.7. The fourth-order valence-corrected chi connectivity index (χ4v) is 4.12. The third kappa shape index (κ3) is 3.53. The zero-order valence-electron chi connectivity index (χ0n) is 8.35. The van der Waals surface area contributed by atoms with Crippen LogP contribution in [0.15, 0.2) is 32.7 Å². The quantitative estimate of drug-likeness (QED) is 0.713. The molecule has 0 N–H and O–H groups in total. The molecule has 0 unspecified atom stereocenters. The first kappa shape index (κ1) is 11.5. The maximum absolute atomic E-state index is 5.48. The molecule has 1 nitrogen and oxygen atoms in total. The summed E-state index contributed by atoms with van der Waals surface area (Å²) < 4.78 is 5.48. The molecule has 5 heteroatoms. The van der Waals surface area contributed by atoms with Gasteiger partial charge in [-0.1, -0.05) is 0 Å². The average molecular weight is 274 g/mol. The van der Waals surface area contributed by atoms with Crippen molar-refractivity contribution in [1.29, 1.82) is 0 Å². The van der Waals surface area contributed by atoms with Crippen LogP contribution in [0.5, 0.6) is 0 Å². The topological polar surface area (TPSA) is 9.23 Å². The van der Waals surface area contributed by atoms with Gasteiger partial charge in [0.25, 0.3) is 0 Å². The summed E-state index contributed by atoms with van der Waals surface area (Å²) in [5.41, 5.74) is 0. The smallest absolute Gasteiger partial charge is 0.0475 e. The molecule has 0 aliphatic heterocycles. The van der Waals surface area contributed by atoms with Crippen LogP contribution in [0.2, 0.25) is 0 Å². The maximum Gasteiger partial charge on any atom is 0.0475 e. The minimum absolute atomic E-state index is 1.18. The van der Waals surface area contributed by atoms with Gasteiger partial charge in [-0.25, -0.2) is 3.63 Å². The minimum atomic E-state index is 1.18. The molecule has 0 aliphatic rings. The van der Waals surface area contributed by atoms with Crippen molar-refractivity contribution >= 4 is 46.8 Å². The first-order valence-electron chi connectivity index (χ1n) is 4.35. The lowest BCUT2D eigenvalue weighted by Gasteiger charge is -1.95. The van der Waals surface area contributed by atoms with Crippen molar-refractivity contribution in [2.45, 2.75) is 23.6 Å². The van der Waals surface area contributed by atoms with Crippen molar-refractivity contribution in [1.82, 2.24) is 0 Å². The van der Waals surface area contributed by atoms with E-state index in [1.54, 1.807) is 22.7 Å². The Balaban J connectivity index is 1.80. The van der Waals surface area contributed by atoms with Gasteiger partial charge in [-0.3, -0.25) is 0 Å². The molecule has 0 saturated heterocycles. The van der Waals surface area contributed by atoms with Gasteiger partial charge in [0, 0.05) is 54.4 Å². The molecule has 2 rings (SSSR count). The van der Waals surface area contributed by atoms with Crippen molar-refractivity contribution in [2.75, 3.05) is 0 Å². The van der Waals surface area contributed by atoms with E-state index in [4.69, 9.17) is 3.63 Å². The molecular formula is C10H10OS4. The largest absolute Gasteiger partial charge is 0.237 e. The molecule has 0 atom stereocenters. The van der Waals surface area contributed by atoms with Crippen molar-refractivity contribution in [2.24, 2.45) is 0 Å². The Morgan fingerprint density at radius 3 is 1.73 bits per heavy atom. The Hall–Kier alpha value is 0.0600. The van der Waals surface area contributed by atoms with E-state index >= 15 is 0 Å². The molecule has 0 aromatic carbocycles. The molecule has 0 fully saturated rings. The molecule has 80 valence electrons. The monoisotopic (exact) mass is 274 g/mol. The Labute approximate surface area is 106 Å². The molecule has 15 heavy (non-hydrogen) atoms. The molecule has 2 aromatic heterocycles. The summed E-state index contributed by atoms with van der Waals surface area (Å²) in [6, 6.07) is 4.27. The van der Waals surface area contributed by atoms with Crippen LogP contribution in [-0.4, -0.2) is 0 Å². The van der Waals surface area contributed by atoms with Gasteiger partial charge in [-0.2, -0.15) is 0 Å². The molecule has 0 bridgehead atoms. The van der Waals surface area contributed by atoms with Gasteiger partial charge in [0.15, 0.2) is 0 Å². The van der Waals surface area contributed by atoms with Gasteiger partial charge in [0.1, 0.15) is 0 Å². The van der Waals surface area contributed by atoms with E-state index in [-0.39, 0.29) is 0 Å². The lowest BCUT2D eigenvalue weighted by Crippen LogP contribution is -1.66. The lowest BCUT2D eigenvalue weighted by atomic mass is 10.5. The third-order valence-corrected chi connectivity index (χ3v) is 5.10. The number of hydrogen-bond donors (Lipinski definition) is 0. The van der Waals surface area contributed by atoms with E-state index in [1.165, 1.54) is 43.6 Å². The fourth-order valence-electron chi connectivity index (χ4n) is 1.02. The van der Waals surface area contributed by atoms with E-state index in [1.807, 2.05) is 0 Å². The first-order chi connectivity index (χ1) is 7.24. The Kier molecular flexibility index (Phi) is 4.16. The Morgan fingerprint density at radius 2 is 1.40 bits per heavy atom. The summed E-state index contributed by atoms with van der Waals surface area (Å²) >= 11 is 6.34. The molecule has 0 amide bonds. The maximum atomic E-state index is 5.48. The molecule has 2 heterocycles. The van der Waals surface area contributed by atoms with Crippen molar-refractivity contribution in [3.63, 3.8) is 0 Å². The molecule has 2 aromatic rings. The van der Waals surface area contributed by atoms with Crippen LogP contribution < -0.4 is 0 Å². The normalized spacial score (nSPS) is 10.8. The number of thiophene rings is 2. The Bertz CT molecular complexity index is 392. The van der Waals surface area contributed by atoms with Crippen LogP contribution in [0.4, 0.5) is 0 Å². The summed E-state index contributed by atoms with van der Waals surface area (Å²) in [5, 5.41) is 4.22. The van der Waals surface area contributed by atoms with Crippen LogP contribution in [0.1, 0.15) is 9.75 Å². The zero-order valence-corrected chi connectivity index (χ0v) is 11.6. The second-order valence-electron chi connectivity index (χ2n) is 3.02. The fraction of sp³-hybridized carbons (Fsp3) is 0.200. The molecule has 0 radical (unpaired) electrons. The second kappa shape index (κ2) is 5.41. The van der Waals surface area contributed by atoms with Crippen molar-refractivity contribution in [3.8, 4) is 0 Å². The standard InChI is InChI=1S/C10H10OS4/c1-7-3-9(5-12-7)14-11-15-10-4-8(2)13-6-10/h3-6H,1-2H3. The van der Waals surface area contributed by atoms with Crippen molar-refractivity contribution < 1.29 is 3.63 Å². The minimum Gasteiger partial charge on any atom is -0.237 e. The van der Waals surface area contributed by atoms with Crippen LogP contribution in [-0.2, 0) is 3.63 Å². The summed E-state index contributed by atoms with van der Waals surface area (Å²) in [7, 11) is 0. The van der Waals surface area contributed by atoms with Gasteiger partial charge < -0.3 is 0 Å². The van der Waals surface area contributed by atoms with Crippen LogP contribution >= 0.6 is 46.8 Å². The van der Waals surface area contributed by atoms with Crippen LogP contribution in [0.3, 0.4) is 0 Å². The average Bonchev–Trinajstić information content (AvgIpc) is 2.76. The number of rotatable bonds is 4. The summed E-state index contributed by atoms with van der Waals surface area (Å²) in [6.45, 7) is 4.20. The van der Waals surface area contributed by atoms with Gasteiger partial charge in [0.05, 0.1) is 0 Å². The number of aryl methyl sites for hydroxylation is 2. The first-order valence-corrected chi connectivity index (χ1v) is 7.60.